The van der Waals surface area contributed by atoms with Gasteiger partial charge in [-0.2, -0.15) is 0 Å². The van der Waals surface area contributed by atoms with E-state index in [9.17, 15) is 0 Å². The highest BCUT2D eigenvalue weighted by Gasteiger charge is 2.52. The van der Waals surface area contributed by atoms with Crippen molar-refractivity contribution in [2.75, 3.05) is 4.90 Å². The fourth-order valence-corrected chi connectivity index (χ4v) is 10.8. The monoisotopic (exact) mass is 751 g/mol. The van der Waals surface area contributed by atoms with Crippen LogP contribution in [-0.2, 0) is 10.8 Å². The molecule has 0 fully saturated rings. The molecule has 0 atom stereocenters. The first kappa shape index (κ1) is 33.9. The van der Waals surface area contributed by atoms with Gasteiger partial charge in [0.05, 0.1) is 16.8 Å². The van der Waals surface area contributed by atoms with Gasteiger partial charge >= 0.3 is 0 Å². The number of rotatable bonds is 4. The van der Waals surface area contributed by atoms with Crippen LogP contribution in [0.1, 0.15) is 47.2 Å². The maximum atomic E-state index is 2.49. The summed E-state index contributed by atoms with van der Waals surface area (Å²) in [6.45, 7) is 4.77. The van der Waals surface area contributed by atoms with Crippen LogP contribution in [0.3, 0.4) is 0 Å². The van der Waals surface area contributed by atoms with Crippen molar-refractivity contribution >= 4 is 17.1 Å². The van der Waals surface area contributed by atoms with Crippen molar-refractivity contribution < 1.29 is 0 Å². The molecule has 59 heavy (non-hydrogen) atoms. The molecule has 9 aromatic carbocycles. The second-order valence-electron chi connectivity index (χ2n) is 16.8. The minimum atomic E-state index is -0.405. The first-order valence-corrected chi connectivity index (χ1v) is 20.8. The van der Waals surface area contributed by atoms with Crippen LogP contribution in [-0.4, -0.2) is 0 Å². The number of hydrogen-bond donors (Lipinski definition) is 0. The first-order chi connectivity index (χ1) is 29.0. The predicted octanol–water partition coefficient (Wildman–Crippen LogP) is 15.1. The van der Waals surface area contributed by atoms with Crippen LogP contribution in [0.4, 0.5) is 17.1 Å². The van der Waals surface area contributed by atoms with Crippen molar-refractivity contribution in [3.63, 3.8) is 0 Å². The smallest absolute Gasteiger partial charge is 0.0731 e. The Bertz CT molecular complexity index is 2960. The number of hydrogen-bond acceptors (Lipinski definition) is 1. The molecule has 1 nitrogen and oxygen atoms in total. The van der Waals surface area contributed by atoms with E-state index in [1.807, 2.05) is 0 Å². The van der Waals surface area contributed by atoms with Gasteiger partial charge in [-0.1, -0.05) is 190 Å². The molecule has 1 heterocycles. The van der Waals surface area contributed by atoms with Crippen molar-refractivity contribution in [3.8, 4) is 55.6 Å². The first-order valence-electron chi connectivity index (χ1n) is 20.8. The highest BCUT2D eigenvalue weighted by atomic mass is 15.2. The molecule has 278 valence electrons. The van der Waals surface area contributed by atoms with Gasteiger partial charge in [0.15, 0.2) is 0 Å². The van der Waals surface area contributed by atoms with Gasteiger partial charge in [-0.15, -0.1) is 0 Å². The molecule has 0 radical (unpaired) electrons. The average molecular weight is 752 g/mol. The highest BCUT2D eigenvalue weighted by molar-refractivity contribution is 5.99. The van der Waals surface area contributed by atoms with E-state index < -0.39 is 5.41 Å². The van der Waals surface area contributed by atoms with Crippen LogP contribution in [0.25, 0.3) is 55.6 Å². The molecule has 1 spiro atoms. The van der Waals surface area contributed by atoms with E-state index >= 15 is 0 Å². The molecule has 0 saturated heterocycles. The van der Waals surface area contributed by atoms with Crippen LogP contribution < -0.4 is 4.90 Å². The Kier molecular flexibility index (Phi) is 7.26. The molecule has 9 aromatic rings. The molecule has 0 bridgehead atoms. The second-order valence-corrected chi connectivity index (χ2v) is 16.8. The summed E-state index contributed by atoms with van der Waals surface area (Å²) in [6, 6.07) is 79.1. The number of anilines is 3. The Balaban J connectivity index is 1.04. The summed E-state index contributed by atoms with van der Waals surface area (Å²) >= 11 is 0. The molecule has 3 aliphatic rings. The van der Waals surface area contributed by atoms with Crippen molar-refractivity contribution in [1.29, 1.82) is 0 Å². The maximum Gasteiger partial charge on any atom is 0.0731 e. The van der Waals surface area contributed by atoms with Crippen LogP contribution in [0.15, 0.2) is 212 Å². The van der Waals surface area contributed by atoms with Gasteiger partial charge in [-0.25, -0.2) is 0 Å². The topological polar surface area (TPSA) is 3.24 Å². The van der Waals surface area contributed by atoms with E-state index in [4.69, 9.17) is 0 Å². The van der Waals surface area contributed by atoms with Crippen LogP contribution >= 0.6 is 0 Å². The largest absolute Gasteiger partial charge is 0.310 e. The van der Waals surface area contributed by atoms with Gasteiger partial charge in [-0.3, -0.25) is 0 Å². The van der Waals surface area contributed by atoms with Crippen molar-refractivity contribution in [3.05, 3.63) is 246 Å². The van der Waals surface area contributed by atoms with Gasteiger partial charge in [0.25, 0.3) is 0 Å². The Morgan fingerprint density at radius 3 is 1.22 bits per heavy atom. The third kappa shape index (κ3) is 4.73. The Morgan fingerprint density at radius 1 is 0.305 bits per heavy atom. The summed E-state index contributed by atoms with van der Waals surface area (Å²) in [5.74, 6) is 0. The summed E-state index contributed by atoms with van der Waals surface area (Å²) in [5.41, 5.74) is 23.8. The molecule has 0 aromatic heterocycles. The lowest BCUT2D eigenvalue weighted by molar-refractivity contribution is 0.632. The van der Waals surface area contributed by atoms with E-state index in [-0.39, 0.29) is 5.41 Å². The van der Waals surface area contributed by atoms with E-state index in [0.717, 1.165) is 5.69 Å². The lowest BCUT2D eigenvalue weighted by Crippen LogP contribution is -2.30. The van der Waals surface area contributed by atoms with E-state index in [1.165, 1.54) is 100 Å². The minimum absolute atomic E-state index is 0.238. The zero-order valence-electron chi connectivity index (χ0n) is 33.2. The van der Waals surface area contributed by atoms with Crippen molar-refractivity contribution in [2.24, 2.45) is 0 Å². The van der Waals surface area contributed by atoms with Gasteiger partial charge in [-0.05, 0) is 125 Å². The normalized spacial score (nSPS) is 14.5. The molecular formula is C58H41N. The zero-order valence-corrected chi connectivity index (χ0v) is 33.2. The summed E-state index contributed by atoms with van der Waals surface area (Å²) in [5, 5.41) is 0. The van der Waals surface area contributed by atoms with Crippen LogP contribution in [0.2, 0.25) is 0 Å². The van der Waals surface area contributed by atoms with Gasteiger partial charge in [0, 0.05) is 11.1 Å². The van der Waals surface area contributed by atoms with Crippen molar-refractivity contribution in [1.82, 2.24) is 0 Å². The van der Waals surface area contributed by atoms with Crippen molar-refractivity contribution in [2.45, 2.75) is 24.7 Å². The van der Waals surface area contributed by atoms with E-state index in [0.29, 0.717) is 0 Å². The van der Waals surface area contributed by atoms with Crippen LogP contribution in [0.5, 0.6) is 0 Å². The lowest BCUT2D eigenvalue weighted by Gasteiger charge is -2.42. The third-order valence-electron chi connectivity index (χ3n) is 13.5. The number of fused-ring (bicyclic) bond motifs is 12. The van der Waals surface area contributed by atoms with Gasteiger partial charge in [0.1, 0.15) is 0 Å². The molecule has 2 aliphatic carbocycles. The zero-order chi connectivity index (χ0) is 39.3. The van der Waals surface area contributed by atoms with Crippen LogP contribution in [0, 0.1) is 0 Å². The summed E-state index contributed by atoms with van der Waals surface area (Å²) < 4.78 is 0. The lowest BCUT2D eigenvalue weighted by atomic mass is 9.68. The highest BCUT2D eigenvalue weighted by Crippen LogP contribution is 2.64. The standard InChI is InChI=1S/C58H41N/c1-57(2)52-36-41(38-16-5-3-6-17-38)30-34-54(52)59(55-35-31-42(37-53(55)57)39-18-7-4-8-19-39)43-32-28-40(29-33-43)44-23-15-24-48-47-22-11-14-27-51(47)58(56(44)48)49-25-12-9-20-45(49)46-21-10-13-26-50(46)58/h3-37H,1-2H3. The molecular weight excluding hydrogens is 711 g/mol. The average Bonchev–Trinajstić information content (AvgIpc) is 3.77. The number of nitrogens with zero attached hydrogens (tertiary/aromatic N) is 1. The Hall–Kier alpha value is -7.22. The van der Waals surface area contributed by atoms with Gasteiger partial charge in [0.2, 0.25) is 0 Å². The molecule has 0 N–H and O–H groups in total. The second kappa shape index (κ2) is 12.6. The van der Waals surface area contributed by atoms with E-state index in [1.54, 1.807) is 0 Å². The fraction of sp³-hybridized carbons (Fsp3) is 0.0690. The summed E-state index contributed by atoms with van der Waals surface area (Å²) in [7, 11) is 0. The SMILES string of the molecule is CC1(C)c2cc(-c3ccccc3)ccc2N(c2ccc(-c3cccc4c3C3(c5ccccc5-c5ccccc53)c3ccccc3-4)cc2)c2ccc(-c3ccccc3)cc21. The summed E-state index contributed by atoms with van der Waals surface area (Å²) in [4.78, 5) is 2.49. The molecule has 1 aliphatic heterocycles. The van der Waals surface area contributed by atoms with Gasteiger partial charge < -0.3 is 4.90 Å². The number of benzene rings is 9. The minimum Gasteiger partial charge on any atom is -0.310 e. The molecule has 12 rings (SSSR count). The fourth-order valence-electron chi connectivity index (χ4n) is 10.8. The molecule has 0 amide bonds. The summed E-state index contributed by atoms with van der Waals surface area (Å²) in [6.07, 6.45) is 0. The Morgan fingerprint density at radius 2 is 0.712 bits per heavy atom. The Labute approximate surface area is 346 Å². The van der Waals surface area contributed by atoms with E-state index in [2.05, 4.69) is 231 Å². The third-order valence-corrected chi connectivity index (χ3v) is 13.5. The molecule has 0 saturated carbocycles. The predicted molar refractivity (Wildman–Crippen MR) is 246 cm³/mol. The molecule has 1 heteroatoms. The quantitative estimate of drug-likeness (QED) is 0.173. The maximum absolute atomic E-state index is 2.49. The molecule has 0 unspecified atom stereocenters.